The molecule has 7 heteroatoms. The molecule has 6 nitrogen and oxygen atoms in total. The van der Waals surface area contributed by atoms with Crippen LogP contribution in [0.15, 0.2) is 59.4 Å². The van der Waals surface area contributed by atoms with Crippen LogP contribution in [-0.4, -0.2) is 24.2 Å². The van der Waals surface area contributed by atoms with Gasteiger partial charge in [-0.05, 0) is 54.1 Å². The molecule has 2 aromatic carbocycles. The smallest absolute Gasteiger partial charge is 0.266 e. The van der Waals surface area contributed by atoms with E-state index in [1.54, 1.807) is 38.5 Å². The van der Waals surface area contributed by atoms with Crippen LogP contribution in [0.4, 0.5) is 0 Å². The van der Waals surface area contributed by atoms with Gasteiger partial charge in [-0.1, -0.05) is 11.6 Å². The number of rotatable bonds is 4. The number of methoxy groups -OCH3 is 2. The summed E-state index contributed by atoms with van der Waals surface area (Å²) in [5, 5.41) is 10.6. The molecule has 1 N–H and O–H groups in total. The predicted octanol–water partition coefficient (Wildman–Crippen LogP) is 4.80. The highest BCUT2D eigenvalue weighted by Gasteiger charge is 2.17. The molecule has 0 aliphatic heterocycles. The number of aromatic nitrogens is 2. The molecule has 148 valence electrons. The van der Waals surface area contributed by atoms with Gasteiger partial charge in [-0.2, -0.15) is 5.26 Å². The third-order valence-electron chi connectivity index (χ3n) is 4.81. The highest BCUT2D eigenvalue weighted by molar-refractivity contribution is 6.32. The van der Waals surface area contributed by atoms with E-state index >= 15 is 0 Å². The second-order valence-electron chi connectivity index (χ2n) is 6.53. The lowest BCUT2D eigenvalue weighted by Gasteiger charge is -2.11. The molecule has 0 fully saturated rings. The second-order valence-corrected chi connectivity index (χ2v) is 6.88. The first-order valence-electron chi connectivity index (χ1n) is 9.00. The number of pyridine rings is 2. The molecular formula is C23H16ClN3O3. The van der Waals surface area contributed by atoms with Gasteiger partial charge in [0.25, 0.3) is 5.56 Å². The van der Waals surface area contributed by atoms with Crippen molar-refractivity contribution in [1.82, 2.24) is 9.97 Å². The minimum atomic E-state index is -0.494. The number of hydrogen-bond donors (Lipinski definition) is 1. The Kier molecular flexibility index (Phi) is 5.13. The average molecular weight is 418 g/mol. The van der Waals surface area contributed by atoms with Gasteiger partial charge < -0.3 is 14.5 Å². The van der Waals surface area contributed by atoms with Gasteiger partial charge in [0.2, 0.25) is 0 Å². The van der Waals surface area contributed by atoms with Crippen molar-refractivity contribution in [3.8, 4) is 40.0 Å². The molecule has 0 bridgehead atoms. The van der Waals surface area contributed by atoms with E-state index in [1.165, 1.54) is 0 Å². The van der Waals surface area contributed by atoms with Crippen LogP contribution in [0, 0.1) is 11.3 Å². The van der Waals surface area contributed by atoms with Crippen LogP contribution >= 0.6 is 11.6 Å². The number of nitrogens with one attached hydrogen (secondary N) is 1. The topological polar surface area (TPSA) is 88.0 Å². The number of fused-ring (bicyclic) bond motifs is 1. The van der Waals surface area contributed by atoms with Crippen molar-refractivity contribution < 1.29 is 9.47 Å². The maximum Gasteiger partial charge on any atom is 0.266 e. The molecule has 4 aromatic rings. The Hall–Kier alpha value is -3.82. The number of nitriles is 1. The van der Waals surface area contributed by atoms with Gasteiger partial charge in [-0.15, -0.1) is 0 Å². The standard InChI is InChI=1S/C23H16ClN3O3/c1-29-15-6-3-13(4-7-15)21-11-17(19(12-25)23(28)27-21)18-9-14-5-8-16(30-2)10-20(14)26-22(18)24/h3-11H,1-2H3,(H,27,28). The summed E-state index contributed by atoms with van der Waals surface area (Å²) in [5.74, 6) is 1.36. The fraction of sp³-hybridized carbons (Fsp3) is 0.0870. The van der Waals surface area contributed by atoms with Crippen LogP contribution < -0.4 is 15.0 Å². The molecule has 0 spiro atoms. The molecule has 2 aromatic heterocycles. The second kappa shape index (κ2) is 7.90. The Labute approximate surface area is 177 Å². The summed E-state index contributed by atoms with van der Waals surface area (Å²) in [6.07, 6.45) is 0. The van der Waals surface area contributed by atoms with Gasteiger partial charge in [0.15, 0.2) is 0 Å². The van der Waals surface area contributed by atoms with E-state index in [4.69, 9.17) is 21.1 Å². The lowest BCUT2D eigenvalue weighted by molar-refractivity contribution is 0.415. The van der Waals surface area contributed by atoms with Crippen LogP contribution in [0.25, 0.3) is 33.3 Å². The molecular weight excluding hydrogens is 402 g/mol. The largest absolute Gasteiger partial charge is 0.497 e. The lowest BCUT2D eigenvalue weighted by atomic mass is 9.99. The highest BCUT2D eigenvalue weighted by Crippen LogP contribution is 2.34. The Morgan fingerprint density at radius 2 is 1.67 bits per heavy atom. The number of H-pyrrole nitrogens is 1. The van der Waals surface area contributed by atoms with Gasteiger partial charge in [-0.3, -0.25) is 4.79 Å². The Morgan fingerprint density at radius 1 is 0.967 bits per heavy atom. The molecule has 0 saturated carbocycles. The Bertz CT molecular complexity index is 1360. The summed E-state index contributed by atoms with van der Waals surface area (Å²) in [7, 11) is 3.16. The number of benzene rings is 2. The van der Waals surface area contributed by atoms with Crippen molar-refractivity contribution in [2.24, 2.45) is 0 Å². The van der Waals surface area contributed by atoms with Crippen molar-refractivity contribution in [1.29, 1.82) is 5.26 Å². The maximum absolute atomic E-state index is 12.6. The first kappa shape index (κ1) is 19.5. The van der Waals surface area contributed by atoms with Crippen molar-refractivity contribution in [2.75, 3.05) is 14.2 Å². The zero-order valence-electron chi connectivity index (χ0n) is 16.2. The molecule has 0 unspecified atom stereocenters. The van der Waals surface area contributed by atoms with Crippen LogP contribution in [0.3, 0.4) is 0 Å². The third-order valence-corrected chi connectivity index (χ3v) is 5.10. The molecule has 0 aliphatic rings. The van der Waals surface area contributed by atoms with Gasteiger partial charge in [0.1, 0.15) is 28.3 Å². The number of ether oxygens (including phenoxy) is 2. The summed E-state index contributed by atoms with van der Waals surface area (Å²) in [4.78, 5) is 19.8. The highest BCUT2D eigenvalue weighted by atomic mass is 35.5. The van der Waals surface area contributed by atoms with E-state index < -0.39 is 5.56 Å². The Morgan fingerprint density at radius 3 is 2.33 bits per heavy atom. The summed E-state index contributed by atoms with van der Waals surface area (Å²) in [6, 6.07) is 18.2. The average Bonchev–Trinajstić information content (AvgIpc) is 2.77. The van der Waals surface area contributed by atoms with Crippen LogP contribution in [0.5, 0.6) is 11.5 Å². The molecule has 30 heavy (non-hydrogen) atoms. The van der Waals surface area contributed by atoms with Crippen LogP contribution in [-0.2, 0) is 0 Å². The summed E-state index contributed by atoms with van der Waals surface area (Å²) >= 11 is 6.46. The normalized spacial score (nSPS) is 10.6. The summed E-state index contributed by atoms with van der Waals surface area (Å²) < 4.78 is 10.4. The minimum Gasteiger partial charge on any atom is -0.497 e. The SMILES string of the molecule is COc1ccc(-c2cc(-c3cc4ccc(OC)cc4nc3Cl)c(C#N)c(=O)[nH]2)cc1. The molecule has 0 saturated heterocycles. The molecule has 0 amide bonds. The number of halogens is 1. The molecule has 0 aliphatic carbocycles. The van der Waals surface area contributed by atoms with Crippen molar-refractivity contribution in [2.45, 2.75) is 0 Å². The zero-order valence-corrected chi connectivity index (χ0v) is 16.9. The lowest BCUT2D eigenvalue weighted by Crippen LogP contribution is -2.13. The minimum absolute atomic E-state index is 0.0242. The number of aromatic amines is 1. The van der Waals surface area contributed by atoms with Crippen LogP contribution in [0.1, 0.15) is 5.56 Å². The van der Waals surface area contributed by atoms with Gasteiger partial charge in [0.05, 0.1) is 19.7 Å². The van der Waals surface area contributed by atoms with E-state index in [-0.39, 0.29) is 10.7 Å². The van der Waals surface area contributed by atoms with Gasteiger partial charge in [0, 0.05) is 28.3 Å². The summed E-state index contributed by atoms with van der Waals surface area (Å²) in [6.45, 7) is 0. The quantitative estimate of drug-likeness (QED) is 0.482. The molecule has 4 rings (SSSR count). The number of hydrogen-bond acceptors (Lipinski definition) is 5. The predicted molar refractivity (Wildman–Crippen MR) is 116 cm³/mol. The number of nitrogens with zero attached hydrogens (tertiary/aromatic N) is 2. The van der Waals surface area contributed by atoms with Crippen molar-refractivity contribution in [3.63, 3.8) is 0 Å². The van der Waals surface area contributed by atoms with Crippen molar-refractivity contribution in [3.05, 3.63) is 75.7 Å². The van der Waals surface area contributed by atoms with Crippen molar-refractivity contribution >= 4 is 22.5 Å². The van der Waals surface area contributed by atoms with E-state index in [0.29, 0.717) is 33.8 Å². The first-order valence-corrected chi connectivity index (χ1v) is 9.38. The van der Waals surface area contributed by atoms with E-state index in [9.17, 15) is 10.1 Å². The van der Waals surface area contributed by atoms with E-state index in [1.807, 2.05) is 36.4 Å². The monoisotopic (exact) mass is 417 g/mol. The fourth-order valence-corrected chi connectivity index (χ4v) is 3.50. The summed E-state index contributed by atoms with van der Waals surface area (Å²) in [5.41, 5.74) is 2.39. The third kappa shape index (κ3) is 3.47. The molecule has 0 atom stereocenters. The molecule has 2 heterocycles. The Balaban J connectivity index is 1.93. The van der Waals surface area contributed by atoms with E-state index in [0.717, 1.165) is 10.9 Å². The van der Waals surface area contributed by atoms with Crippen LogP contribution in [0.2, 0.25) is 5.15 Å². The van der Waals surface area contributed by atoms with Gasteiger partial charge >= 0.3 is 0 Å². The molecule has 0 radical (unpaired) electrons. The maximum atomic E-state index is 12.6. The zero-order chi connectivity index (χ0) is 21.3. The fourth-order valence-electron chi connectivity index (χ4n) is 3.25. The first-order chi connectivity index (χ1) is 14.5. The van der Waals surface area contributed by atoms with Gasteiger partial charge in [-0.25, -0.2) is 4.98 Å². The van der Waals surface area contributed by atoms with E-state index in [2.05, 4.69) is 9.97 Å².